The van der Waals surface area contributed by atoms with E-state index in [1.807, 2.05) is 34.7 Å². The lowest BCUT2D eigenvalue weighted by atomic mass is 10.1. The zero-order valence-electron chi connectivity index (χ0n) is 15.2. The molecule has 1 amide bonds. The second-order valence-electron chi connectivity index (χ2n) is 6.89. The minimum atomic E-state index is 0.107. The molecule has 1 saturated heterocycles. The molecular weight excluding hydrogens is 342 g/mol. The standard InChI is InChI=1S/C21H23N3OS/c1-15-10-11-20(26-15)19-9-6-12-23(19)21(25)18-13-22-24(16(18)2)14-17-7-4-3-5-8-17/h3-5,7-8,10-11,13,19H,6,9,12,14H2,1-2H3. The van der Waals surface area contributed by atoms with E-state index >= 15 is 0 Å². The maximum absolute atomic E-state index is 13.2. The number of hydrogen-bond donors (Lipinski definition) is 0. The quantitative estimate of drug-likeness (QED) is 0.678. The van der Waals surface area contributed by atoms with Gasteiger partial charge in [0.25, 0.3) is 5.91 Å². The summed E-state index contributed by atoms with van der Waals surface area (Å²) >= 11 is 1.80. The van der Waals surface area contributed by atoms with E-state index in [1.54, 1.807) is 17.5 Å². The minimum absolute atomic E-state index is 0.107. The van der Waals surface area contributed by atoms with Crippen molar-refractivity contribution in [3.63, 3.8) is 0 Å². The van der Waals surface area contributed by atoms with E-state index in [0.717, 1.165) is 30.6 Å². The first-order valence-corrected chi connectivity index (χ1v) is 9.89. The third-order valence-electron chi connectivity index (χ3n) is 5.11. The number of hydrogen-bond acceptors (Lipinski definition) is 3. The average Bonchev–Trinajstić information content (AvgIpc) is 3.36. The highest BCUT2D eigenvalue weighted by molar-refractivity contribution is 7.12. The Balaban J connectivity index is 1.56. The van der Waals surface area contributed by atoms with Gasteiger partial charge in [-0.1, -0.05) is 30.3 Å². The molecule has 0 spiro atoms. The van der Waals surface area contributed by atoms with Crippen LogP contribution < -0.4 is 0 Å². The highest BCUT2D eigenvalue weighted by Gasteiger charge is 2.32. The van der Waals surface area contributed by atoms with Gasteiger partial charge in [0.15, 0.2) is 0 Å². The lowest BCUT2D eigenvalue weighted by Crippen LogP contribution is -2.30. The van der Waals surface area contributed by atoms with Crippen molar-refractivity contribution in [3.05, 3.63) is 75.2 Å². The van der Waals surface area contributed by atoms with Crippen LogP contribution >= 0.6 is 11.3 Å². The lowest BCUT2D eigenvalue weighted by Gasteiger charge is -2.23. The Kier molecular flexibility index (Phi) is 4.64. The van der Waals surface area contributed by atoms with Gasteiger partial charge in [0.2, 0.25) is 0 Å². The van der Waals surface area contributed by atoms with Crippen molar-refractivity contribution in [1.29, 1.82) is 0 Å². The average molecular weight is 366 g/mol. The molecule has 3 heterocycles. The topological polar surface area (TPSA) is 38.1 Å². The molecule has 1 aliphatic heterocycles. The van der Waals surface area contributed by atoms with Crippen molar-refractivity contribution >= 4 is 17.2 Å². The van der Waals surface area contributed by atoms with Crippen molar-refractivity contribution in [2.24, 2.45) is 0 Å². The molecule has 5 heteroatoms. The molecule has 134 valence electrons. The largest absolute Gasteiger partial charge is 0.331 e. The van der Waals surface area contributed by atoms with Crippen LogP contribution in [0.15, 0.2) is 48.7 Å². The number of nitrogens with zero attached hydrogens (tertiary/aromatic N) is 3. The summed E-state index contributed by atoms with van der Waals surface area (Å²) in [5, 5.41) is 4.48. The smallest absolute Gasteiger partial charge is 0.257 e. The molecule has 0 radical (unpaired) electrons. The second kappa shape index (κ2) is 7.08. The highest BCUT2D eigenvalue weighted by atomic mass is 32.1. The van der Waals surface area contributed by atoms with Gasteiger partial charge in [-0.25, -0.2) is 0 Å². The number of aromatic nitrogens is 2. The van der Waals surface area contributed by atoms with E-state index in [0.29, 0.717) is 6.54 Å². The van der Waals surface area contributed by atoms with E-state index in [2.05, 4.69) is 36.3 Å². The zero-order chi connectivity index (χ0) is 18.1. The number of carbonyl (C=O) groups is 1. The maximum atomic E-state index is 13.2. The Labute approximate surface area is 158 Å². The van der Waals surface area contributed by atoms with Crippen LogP contribution in [0, 0.1) is 13.8 Å². The van der Waals surface area contributed by atoms with E-state index in [1.165, 1.54) is 15.3 Å². The number of likely N-dealkylation sites (tertiary alicyclic amines) is 1. The van der Waals surface area contributed by atoms with Crippen molar-refractivity contribution in [2.75, 3.05) is 6.54 Å². The summed E-state index contributed by atoms with van der Waals surface area (Å²) in [7, 11) is 0. The molecule has 4 rings (SSSR count). The minimum Gasteiger partial charge on any atom is -0.331 e. The highest BCUT2D eigenvalue weighted by Crippen LogP contribution is 2.36. The van der Waals surface area contributed by atoms with Crippen LogP contribution in [0.25, 0.3) is 0 Å². The van der Waals surface area contributed by atoms with Gasteiger partial charge in [-0.15, -0.1) is 11.3 Å². The first kappa shape index (κ1) is 17.0. The fourth-order valence-corrected chi connectivity index (χ4v) is 4.69. The third kappa shape index (κ3) is 3.19. The predicted octanol–water partition coefficient (Wildman–Crippen LogP) is 4.59. The van der Waals surface area contributed by atoms with Gasteiger partial charge < -0.3 is 4.90 Å². The molecule has 1 fully saturated rings. The Morgan fingerprint density at radius 3 is 2.73 bits per heavy atom. The molecule has 1 atom stereocenters. The van der Waals surface area contributed by atoms with Gasteiger partial charge in [-0.3, -0.25) is 9.48 Å². The third-order valence-corrected chi connectivity index (χ3v) is 6.21. The molecule has 0 saturated carbocycles. The summed E-state index contributed by atoms with van der Waals surface area (Å²) in [6, 6.07) is 14.7. The summed E-state index contributed by atoms with van der Waals surface area (Å²) in [6.07, 6.45) is 3.84. The van der Waals surface area contributed by atoms with Crippen LogP contribution in [0.4, 0.5) is 0 Å². The molecule has 1 unspecified atom stereocenters. The van der Waals surface area contributed by atoms with Crippen LogP contribution in [0.5, 0.6) is 0 Å². The summed E-state index contributed by atoms with van der Waals surface area (Å²) in [5.74, 6) is 0.107. The maximum Gasteiger partial charge on any atom is 0.257 e. The molecule has 26 heavy (non-hydrogen) atoms. The van der Waals surface area contributed by atoms with Gasteiger partial charge in [-0.05, 0) is 44.4 Å². The Hall–Kier alpha value is -2.40. The van der Waals surface area contributed by atoms with Crippen LogP contribution in [0.2, 0.25) is 0 Å². The molecule has 0 N–H and O–H groups in total. The number of thiophene rings is 1. The van der Waals surface area contributed by atoms with E-state index in [9.17, 15) is 4.79 Å². The number of rotatable bonds is 4. The number of amides is 1. The van der Waals surface area contributed by atoms with E-state index < -0.39 is 0 Å². The number of aryl methyl sites for hydroxylation is 1. The van der Waals surface area contributed by atoms with Crippen LogP contribution in [0.1, 0.15) is 50.3 Å². The Bertz CT molecular complexity index is 912. The zero-order valence-corrected chi connectivity index (χ0v) is 16.0. The van der Waals surface area contributed by atoms with Crippen LogP contribution in [0.3, 0.4) is 0 Å². The first-order chi connectivity index (χ1) is 12.6. The molecular formula is C21H23N3OS. The van der Waals surface area contributed by atoms with Gasteiger partial charge >= 0.3 is 0 Å². The van der Waals surface area contributed by atoms with E-state index in [4.69, 9.17) is 0 Å². The SMILES string of the molecule is Cc1ccc(C2CCCN2C(=O)c2cnn(Cc3ccccc3)c2C)s1. The molecule has 4 nitrogen and oxygen atoms in total. The van der Waals surface area contributed by atoms with Gasteiger partial charge in [0.1, 0.15) is 0 Å². The normalized spacial score (nSPS) is 17.0. The summed E-state index contributed by atoms with van der Waals surface area (Å²) in [5.41, 5.74) is 2.85. The first-order valence-electron chi connectivity index (χ1n) is 9.07. The van der Waals surface area contributed by atoms with Gasteiger partial charge in [-0.2, -0.15) is 5.10 Å². The molecule has 1 aliphatic rings. The van der Waals surface area contributed by atoms with Crippen LogP contribution in [-0.4, -0.2) is 27.1 Å². The predicted molar refractivity (Wildman–Crippen MR) is 105 cm³/mol. The summed E-state index contributed by atoms with van der Waals surface area (Å²) in [4.78, 5) is 17.8. The molecule has 0 aliphatic carbocycles. The van der Waals surface area contributed by atoms with Crippen molar-refractivity contribution < 1.29 is 4.79 Å². The van der Waals surface area contributed by atoms with Crippen molar-refractivity contribution in [2.45, 2.75) is 39.3 Å². The van der Waals surface area contributed by atoms with Crippen LogP contribution in [-0.2, 0) is 6.54 Å². The molecule has 2 aromatic heterocycles. The monoisotopic (exact) mass is 365 g/mol. The fourth-order valence-electron chi connectivity index (χ4n) is 3.67. The second-order valence-corrected chi connectivity index (χ2v) is 8.21. The summed E-state index contributed by atoms with van der Waals surface area (Å²) in [6.45, 7) is 5.62. The Morgan fingerprint density at radius 1 is 1.19 bits per heavy atom. The van der Waals surface area contributed by atoms with Crippen molar-refractivity contribution in [1.82, 2.24) is 14.7 Å². The lowest BCUT2D eigenvalue weighted by molar-refractivity contribution is 0.0737. The number of carbonyl (C=O) groups excluding carboxylic acids is 1. The summed E-state index contributed by atoms with van der Waals surface area (Å²) < 4.78 is 1.92. The van der Waals surface area contributed by atoms with Crippen molar-refractivity contribution in [3.8, 4) is 0 Å². The Morgan fingerprint density at radius 2 is 2.00 bits per heavy atom. The van der Waals surface area contributed by atoms with Gasteiger partial charge in [0, 0.05) is 22.0 Å². The molecule has 1 aromatic carbocycles. The fraction of sp³-hybridized carbons (Fsp3) is 0.333. The van der Waals surface area contributed by atoms with Gasteiger partial charge in [0.05, 0.1) is 24.3 Å². The van der Waals surface area contributed by atoms with E-state index in [-0.39, 0.29) is 11.9 Å². The molecule has 0 bridgehead atoms. The molecule has 3 aromatic rings. The number of benzene rings is 1.